The lowest BCUT2D eigenvalue weighted by Gasteiger charge is -2.16. The van der Waals surface area contributed by atoms with Crippen molar-refractivity contribution in [3.05, 3.63) is 48.9 Å². The molecule has 5 aromatic rings. The van der Waals surface area contributed by atoms with Crippen LogP contribution in [0.2, 0.25) is 0 Å². The molecule has 1 unspecified atom stereocenters. The molecule has 4 aromatic heterocycles. The Labute approximate surface area is 207 Å². The van der Waals surface area contributed by atoms with Crippen LogP contribution in [0.5, 0.6) is 5.75 Å². The van der Waals surface area contributed by atoms with E-state index in [9.17, 15) is 5.11 Å². The summed E-state index contributed by atoms with van der Waals surface area (Å²) in [6.07, 6.45) is 6.14. The van der Waals surface area contributed by atoms with Gasteiger partial charge in [0.05, 0.1) is 17.4 Å². The highest BCUT2D eigenvalue weighted by Gasteiger charge is 2.24. The van der Waals surface area contributed by atoms with Crippen LogP contribution in [0.25, 0.3) is 43.6 Å². The number of imidazole rings is 1. The first-order chi connectivity index (χ1) is 17.0. The molecule has 0 amide bonds. The molecule has 1 aromatic carbocycles. The number of hydrogen-bond donors (Lipinski definition) is 2. The van der Waals surface area contributed by atoms with Gasteiger partial charge in [-0.2, -0.15) is 5.10 Å². The summed E-state index contributed by atoms with van der Waals surface area (Å²) in [6, 6.07) is 10.00. The van der Waals surface area contributed by atoms with Crippen LogP contribution in [0, 0.1) is 0 Å². The quantitative estimate of drug-likeness (QED) is 0.334. The third-order valence-corrected chi connectivity index (χ3v) is 6.95. The van der Waals surface area contributed by atoms with Gasteiger partial charge in [-0.3, -0.25) is 4.68 Å². The van der Waals surface area contributed by atoms with E-state index in [0.717, 1.165) is 37.7 Å². The van der Waals surface area contributed by atoms with E-state index < -0.39 is 0 Å². The van der Waals surface area contributed by atoms with Gasteiger partial charge >= 0.3 is 0 Å². The van der Waals surface area contributed by atoms with Crippen LogP contribution in [-0.2, 0) is 14.1 Å². The number of aryl methyl sites for hydroxylation is 2. The van der Waals surface area contributed by atoms with Gasteiger partial charge in [0.1, 0.15) is 22.1 Å². The van der Waals surface area contributed by atoms with Gasteiger partial charge in [0.2, 0.25) is 0 Å². The van der Waals surface area contributed by atoms with E-state index in [1.165, 1.54) is 0 Å². The number of aliphatic hydroxyl groups excluding tert-OH is 1. The average Bonchev–Trinajstić information content (AvgIpc) is 3.57. The van der Waals surface area contributed by atoms with E-state index >= 15 is 0 Å². The first-order valence-corrected chi connectivity index (χ1v) is 12.1. The molecule has 0 saturated carbocycles. The summed E-state index contributed by atoms with van der Waals surface area (Å²) in [6.45, 7) is 2.12. The van der Waals surface area contributed by atoms with Crippen molar-refractivity contribution in [3.8, 4) is 39.1 Å². The zero-order valence-corrected chi connectivity index (χ0v) is 20.9. The highest BCUT2D eigenvalue weighted by Crippen LogP contribution is 2.46. The van der Waals surface area contributed by atoms with Gasteiger partial charge in [0, 0.05) is 50.9 Å². The number of aliphatic hydroxyl groups is 1. The van der Waals surface area contributed by atoms with E-state index in [1.807, 2.05) is 68.3 Å². The predicted octanol–water partition coefficient (Wildman–Crippen LogP) is 4.35. The fraction of sp³-hybridized carbons (Fsp3) is 0.280. The molecular formula is C25H27N7O2S. The van der Waals surface area contributed by atoms with E-state index in [1.54, 1.807) is 29.3 Å². The van der Waals surface area contributed by atoms with Crippen LogP contribution in [0.1, 0.15) is 13.3 Å². The maximum atomic E-state index is 9.50. The predicted molar refractivity (Wildman–Crippen MR) is 139 cm³/mol. The monoisotopic (exact) mass is 489 g/mol. The zero-order chi connectivity index (χ0) is 24.5. The molecular weight excluding hydrogens is 462 g/mol. The average molecular weight is 490 g/mol. The van der Waals surface area contributed by atoms with Crippen molar-refractivity contribution in [1.29, 1.82) is 0 Å². The van der Waals surface area contributed by atoms with Crippen LogP contribution in [0.15, 0.2) is 48.9 Å². The summed E-state index contributed by atoms with van der Waals surface area (Å²) in [5.74, 6) is 2.72. The molecule has 180 valence electrons. The third-order valence-electron chi connectivity index (χ3n) is 5.84. The molecule has 0 fully saturated rings. The fourth-order valence-electron chi connectivity index (χ4n) is 4.03. The molecule has 5 rings (SSSR count). The minimum Gasteiger partial charge on any atom is -0.497 e. The molecule has 4 heterocycles. The van der Waals surface area contributed by atoms with Gasteiger partial charge in [0.15, 0.2) is 11.6 Å². The smallest absolute Gasteiger partial charge is 0.199 e. The first-order valence-electron chi connectivity index (χ1n) is 11.3. The third kappa shape index (κ3) is 4.38. The second-order valence-corrected chi connectivity index (χ2v) is 9.40. The second-order valence-electron chi connectivity index (χ2n) is 8.40. The molecule has 0 aliphatic heterocycles. The lowest BCUT2D eigenvalue weighted by molar-refractivity contribution is 0.282. The summed E-state index contributed by atoms with van der Waals surface area (Å²) >= 11 is 1.58. The molecule has 2 N–H and O–H groups in total. The topological polar surface area (TPSA) is 103 Å². The molecule has 0 aliphatic rings. The first kappa shape index (κ1) is 23.0. The fourth-order valence-corrected chi connectivity index (χ4v) is 5.20. The van der Waals surface area contributed by atoms with Crippen molar-refractivity contribution >= 4 is 27.4 Å². The normalized spacial score (nSPS) is 12.3. The standard InChI is InChI=1S/C25H27N7O2S/c1-15(10-14-33)27-22-20-19(16-5-7-17(34-4)8-6-16)21(18-9-12-32(3)30-18)35-25(20)29-23(28-22)24-26-11-13-31(24)2/h5-9,11-13,15,33H,10,14H2,1-4H3,(H,27,28,29). The van der Waals surface area contributed by atoms with Gasteiger partial charge in [0.25, 0.3) is 0 Å². The number of ether oxygens (including phenoxy) is 1. The summed E-state index contributed by atoms with van der Waals surface area (Å²) in [5, 5.41) is 18.6. The maximum Gasteiger partial charge on any atom is 0.199 e. The summed E-state index contributed by atoms with van der Waals surface area (Å²) in [4.78, 5) is 16.2. The van der Waals surface area contributed by atoms with Gasteiger partial charge in [-0.25, -0.2) is 15.0 Å². The second kappa shape index (κ2) is 9.47. The minimum atomic E-state index is 0.00855. The number of nitrogens with zero attached hydrogens (tertiary/aromatic N) is 6. The van der Waals surface area contributed by atoms with Gasteiger partial charge in [-0.15, -0.1) is 11.3 Å². The zero-order valence-electron chi connectivity index (χ0n) is 20.1. The van der Waals surface area contributed by atoms with Crippen molar-refractivity contribution in [2.45, 2.75) is 19.4 Å². The number of benzene rings is 1. The van der Waals surface area contributed by atoms with Gasteiger partial charge in [-0.1, -0.05) is 12.1 Å². The van der Waals surface area contributed by atoms with Crippen LogP contribution in [0.4, 0.5) is 5.82 Å². The molecule has 0 saturated heterocycles. The molecule has 0 radical (unpaired) electrons. The molecule has 1 atom stereocenters. The Balaban J connectivity index is 1.80. The van der Waals surface area contributed by atoms with Crippen LogP contribution >= 0.6 is 11.3 Å². The van der Waals surface area contributed by atoms with Crippen LogP contribution in [0.3, 0.4) is 0 Å². The number of thiophene rings is 1. The number of fused-ring (bicyclic) bond motifs is 1. The number of aromatic nitrogens is 6. The summed E-state index contributed by atoms with van der Waals surface area (Å²) in [5.41, 5.74) is 2.90. The molecule has 0 aliphatic carbocycles. The van der Waals surface area contributed by atoms with E-state index in [2.05, 4.69) is 15.4 Å². The Morgan fingerprint density at radius 2 is 1.91 bits per heavy atom. The highest BCUT2D eigenvalue weighted by atomic mass is 32.1. The lowest BCUT2D eigenvalue weighted by atomic mass is 10.0. The number of hydrogen-bond acceptors (Lipinski definition) is 8. The van der Waals surface area contributed by atoms with E-state index in [0.29, 0.717) is 23.9 Å². The largest absolute Gasteiger partial charge is 0.497 e. The molecule has 0 spiro atoms. The Hall–Kier alpha value is -3.76. The Kier molecular flexibility index (Phi) is 6.23. The molecule has 0 bridgehead atoms. The number of rotatable bonds is 8. The maximum absolute atomic E-state index is 9.50. The summed E-state index contributed by atoms with van der Waals surface area (Å²) < 4.78 is 9.08. The van der Waals surface area contributed by atoms with E-state index in [4.69, 9.17) is 14.7 Å². The van der Waals surface area contributed by atoms with Crippen LogP contribution < -0.4 is 10.1 Å². The van der Waals surface area contributed by atoms with Gasteiger partial charge < -0.3 is 19.7 Å². The molecule has 9 nitrogen and oxygen atoms in total. The number of nitrogens with one attached hydrogen (secondary N) is 1. The summed E-state index contributed by atoms with van der Waals surface area (Å²) in [7, 11) is 5.49. The minimum absolute atomic E-state index is 0.00855. The molecule has 10 heteroatoms. The van der Waals surface area contributed by atoms with E-state index in [-0.39, 0.29) is 12.6 Å². The van der Waals surface area contributed by atoms with Crippen molar-refractivity contribution < 1.29 is 9.84 Å². The molecule has 35 heavy (non-hydrogen) atoms. The van der Waals surface area contributed by atoms with Crippen molar-refractivity contribution in [2.75, 3.05) is 19.0 Å². The lowest BCUT2D eigenvalue weighted by Crippen LogP contribution is -2.18. The van der Waals surface area contributed by atoms with Gasteiger partial charge in [-0.05, 0) is 37.1 Å². The van der Waals surface area contributed by atoms with Crippen LogP contribution in [-0.4, -0.2) is 54.2 Å². The van der Waals surface area contributed by atoms with Crippen molar-refractivity contribution in [1.82, 2.24) is 29.3 Å². The van der Waals surface area contributed by atoms with Crippen molar-refractivity contribution in [2.24, 2.45) is 14.1 Å². The Morgan fingerprint density at radius 3 is 2.54 bits per heavy atom. The number of anilines is 1. The Morgan fingerprint density at radius 1 is 1.11 bits per heavy atom. The SMILES string of the molecule is COc1ccc(-c2c(-c3ccn(C)n3)sc3nc(-c4nccn4C)nc(NC(C)CCO)c23)cc1. The van der Waals surface area contributed by atoms with Crippen molar-refractivity contribution in [3.63, 3.8) is 0 Å². The Bertz CT molecular complexity index is 1470. The highest BCUT2D eigenvalue weighted by molar-refractivity contribution is 7.22. The number of methoxy groups -OCH3 is 1.